The van der Waals surface area contributed by atoms with E-state index >= 15 is 0 Å². The van der Waals surface area contributed by atoms with Crippen molar-refractivity contribution in [3.63, 3.8) is 0 Å². The van der Waals surface area contributed by atoms with E-state index in [2.05, 4.69) is 58.0 Å². The second kappa shape index (κ2) is 57.5. The van der Waals surface area contributed by atoms with E-state index in [0.29, 0.717) is 123 Å². The molecule has 0 spiro atoms. The van der Waals surface area contributed by atoms with E-state index in [9.17, 15) is 73.8 Å². The van der Waals surface area contributed by atoms with Crippen LogP contribution >= 0.6 is 0 Å². The largest absolute Gasteiger partial charge is 0.390 e. The van der Waals surface area contributed by atoms with Crippen LogP contribution < -0.4 is 37.2 Å². The van der Waals surface area contributed by atoms with Gasteiger partial charge in [0.1, 0.15) is 40.9 Å². The minimum absolute atomic E-state index is 0.0102. The van der Waals surface area contributed by atoms with E-state index in [4.69, 9.17) is 56.8 Å². The molecule has 34 nitrogen and oxygen atoms in total. The number of aliphatic hydroxyl groups is 6. The summed E-state index contributed by atoms with van der Waals surface area (Å²) in [6.45, 7) is 15.1. The van der Waals surface area contributed by atoms with E-state index in [1.54, 1.807) is 26.8 Å². The van der Waals surface area contributed by atoms with Gasteiger partial charge in [-0.25, -0.2) is 0 Å². The Bertz CT molecular complexity index is 2860. The lowest BCUT2D eigenvalue weighted by Crippen LogP contribution is -2.60. The third-order valence-corrected chi connectivity index (χ3v) is 23.4. The molecule has 6 rings (SSSR count). The van der Waals surface area contributed by atoms with Gasteiger partial charge < -0.3 is 125 Å². The second-order valence-electron chi connectivity index (χ2n) is 35.6. The molecule has 6 fully saturated rings. The van der Waals surface area contributed by atoms with Gasteiger partial charge in [-0.1, -0.05) is 105 Å². The lowest BCUT2D eigenvalue weighted by atomic mass is 9.84. The minimum Gasteiger partial charge on any atom is -0.390 e. The number of carbonyl (C=O) groups is 9. The summed E-state index contributed by atoms with van der Waals surface area (Å²) in [5.41, 5.74) is -4.52. The van der Waals surface area contributed by atoms with Crippen molar-refractivity contribution in [2.45, 2.75) is 319 Å². The van der Waals surface area contributed by atoms with Gasteiger partial charge in [-0.05, 0) is 95.0 Å². The van der Waals surface area contributed by atoms with Crippen molar-refractivity contribution >= 4 is 52.9 Å². The number of carbonyl (C=O) groups excluding carboxylic acids is 9. The Morgan fingerprint density at radius 2 is 0.607 bits per heavy atom. The van der Waals surface area contributed by atoms with E-state index in [1.807, 2.05) is 6.08 Å². The molecule has 6 aliphatic rings. The van der Waals surface area contributed by atoms with Gasteiger partial charge in [0, 0.05) is 153 Å². The van der Waals surface area contributed by atoms with Crippen LogP contribution in [0, 0.1) is 28.6 Å². The second-order valence-corrected chi connectivity index (χ2v) is 35.6. The van der Waals surface area contributed by atoms with Gasteiger partial charge in [0.15, 0.2) is 24.7 Å². The molecule has 0 aromatic rings. The molecule has 34 heteroatoms. The molecule has 6 aliphatic heterocycles. The number of fused-ring (bicyclic) bond motifs is 6. The highest BCUT2D eigenvalue weighted by atomic mass is 16.8. The number of ketones is 2. The Hall–Kier alpha value is -5.35. The maximum atomic E-state index is 14.2. The van der Waals surface area contributed by atoms with Gasteiger partial charge in [0.05, 0.1) is 97.6 Å². The van der Waals surface area contributed by atoms with Gasteiger partial charge >= 0.3 is 0 Å². The van der Waals surface area contributed by atoms with Gasteiger partial charge in [0.2, 0.25) is 41.4 Å². The van der Waals surface area contributed by atoms with Gasteiger partial charge in [-0.15, -0.1) is 0 Å². The number of allylic oxidation sites excluding steroid dienone is 2. The Morgan fingerprint density at radius 1 is 0.336 bits per heavy atom. The molecule has 0 unspecified atom stereocenters. The maximum absolute atomic E-state index is 14.2. The fourth-order valence-corrected chi connectivity index (χ4v) is 15.4. The summed E-state index contributed by atoms with van der Waals surface area (Å²) in [6, 6.07) is 0. The lowest BCUT2D eigenvalue weighted by molar-refractivity contribution is -0.248. The SMILES string of the molecule is C[C@H]1[C@H]2OC[C@](COCCCCC(=O)NCCCNC(=O)CCOCC(COCCC(=O)NCCCNC(=O)CCCCOC[C@@]34CO[C@@H](O3)[C@H](C)[C@@H](O)[C@H]4O)(COCCC(=O)NCCCNC(=O)CCCCOC[C@@]34CO[C@@H](O3)[C@H](C)[C@@H](O)[C@H]4O)CC(=O)CCCCCCCCCCC(=O)NCCCCCCCC(=O)/C=C/C(C)(C)C)(O2)[C@H](O)[C@@H]1O. The summed E-state index contributed by atoms with van der Waals surface area (Å²) in [5.74, 6) is -2.29. The third kappa shape index (κ3) is 39.1. The predicted octanol–water partition coefficient (Wildman–Crippen LogP) is 4.56. The molecule has 0 saturated carbocycles. The van der Waals surface area contributed by atoms with Crippen LogP contribution in [0.2, 0.25) is 0 Å². The van der Waals surface area contributed by atoms with Crippen molar-refractivity contribution in [2.75, 3.05) is 145 Å². The van der Waals surface area contributed by atoms with Gasteiger partial charge in [0.25, 0.3) is 0 Å². The van der Waals surface area contributed by atoms with Crippen molar-refractivity contribution in [1.29, 1.82) is 0 Å². The first-order valence-corrected chi connectivity index (χ1v) is 45.5. The van der Waals surface area contributed by atoms with Crippen LogP contribution in [-0.2, 0) is 100.0 Å². The molecule has 6 bridgehead atoms. The molecule has 122 heavy (non-hydrogen) atoms. The number of hydrogen-bond acceptors (Lipinski definition) is 27. The third-order valence-electron chi connectivity index (χ3n) is 23.4. The number of nitrogens with one attached hydrogen (secondary N) is 7. The molecule has 6 saturated heterocycles. The van der Waals surface area contributed by atoms with E-state index < -0.39 is 77.7 Å². The fourth-order valence-electron chi connectivity index (χ4n) is 15.4. The summed E-state index contributed by atoms with van der Waals surface area (Å²) in [7, 11) is 0. The molecule has 13 N–H and O–H groups in total. The molecule has 0 aromatic heterocycles. The summed E-state index contributed by atoms with van der Waals surface area (Å²) in [4.78, 5) is 116. The quantitative estimate of drug-likeness (QED) is 0.0293. The van der Waals surface area contributed by atoms with Crippen LogP contribution in [0.3, 0.4) is 0 Å². The van der Waals surface area contributed by atoms with Crippen LogP contribution in [0.1, 0.15) is 247 Å². The molecule has 6 heterocycles. The topological polar surface area (TPSA) is 470 Å². The number of aliphatic hydroxyl groups excluding tert-OH is 6. The summed E-state index contributed by atoms with van der Waals surface area (Å²) < 4.78 is 70.6. The van der Waals surface area contributed by atoms with Crippen molar-refractivity contribution in [3.05, 3.63) is 12.2 Å². The molecule has 0 aromatic carbocycles. The lowest BCUT2D eigenvalue weighted by Gasteiger charge is -2.41. The number of Topliss-reactive ketones (excluding diaryl/α,β-unsaturated/α-hetero) is 1. The summed E-state index contributed by atoms with van der Waals surface area (Å²) >= 11 is 0. The van der Waals surface area contributed by atoms with Crippen LogP contribution in [0.15, 0.2) is 12.2 Å². The van der Waals surface area contributed by atoms with Crippen molar-refractivity contribution in [1.82, 2.24) is 37.2 Å². The number of rotatable bonds is 70. The van der Waals surface area contributed by atoms with Crippen molar-refractivity contribution < 1.29 is 131 Å². The normalized spacial score (nSPS) is 26.0. The first-order valence-electron chi connectivity index (χ1n) is 45.5. The molecule has 7 amide bonds. The van der Waals surface area contributed by atoms with Crippen molar-refractivity contribution in [3.8, 4) is 0 Å². The van der Waals surface area contributed by atoms with Gasteiger partial charge in [-0.2, -0.15) is 0 Å². The smallest absolute Gasteiger partial charge is 0.222 e. The first-order chi connectivity index (χ1) is 58.5. The van der Waals surface area contributed by atoms with Crippen LogP contribution in [0.25, 0.3) is 0 Å². The first kappa shape index (κ1) is 105. The van der Waals surface area contributed by atoms with Crippen LogP contribution in [0.5, 0.6) is 0 Å². The van der Waals surface area contributed by atoms with E-state index in [-0.39, 0.29) is 226 Å². The number of unbranched alkanes of at least 4 members (excludes halogenated alkanes) is 14. The highest BCUT2D eigenvalue weighted by Gasteiger charge is 2.60. The number of hydrogen-bond donors (Lipinski definition) is 13. The fraction of sp³-hybridized carbons (Fsp3) is 0.875. The Kier molecular flexibility index (Phi) is 49.7. The average Bonchev–Trinajstić information content (AvgIpc) is 1.66. The maximum Gasteiger partial charge on any atom is 0.222 e. The van der Waals surface area contributed by atoms with Crippen LogP contribution in [0.4, 0.5) is 0 Å². The molecule has 702 valence electrons. The molecule has 0 aliphatic carbocycles. The Morgan fingerprint density at radius 3 is 0.926 bits per heavy atom. The zero-order valence-electron chi connectivity index (χ0n) is 74.0. The minimum atomic E-state index is -1.15. The zero-order valence-corrected chi connectivity index (χ0v) is 74.0. The number of amides is 7. The summed E-state index contributed by atoms with van der Waals surface area (Å²) in [5, 5.41) is 83.6. The highest BCUT2D eigenvalue weighted by Crippen LogP contribution is 2.43. The highest BCUT2D eigenvalue weighted by molar-refractivity contribution is 5.89. The van der Waals surface area contributed by atoms with Crippen molar-refractivity contribution in [2.24, 2.45) is 28.6 Å². The van der Waals surface area contributed by atoms with Gasteiger partial charge in [-0.3, -0.25) is 43.2 Å². The van der Waals surface area contributed by atoms with Crippen LogP contribution in [-0.4, -0.2) is 301 Å². The van der Waals surface area contributed by atoms with E-state index in [1.165, 1.54) is 0 Å². The zero-order chi connectivity index (χ0) is 88.7. The summed E-state index contributed by atoms with van der Waals surface area (Å²) in [6.07, 6.45) is 14.1. The molecule has 0 radical (unpaired) electrons. The predicted molar refractivity (Wildman–Crippen MR) is 449 cm³/mol. The Balaban J connectivity index is 0.921. The molecular weight excluding hydrogens is 1590 g/mol. The molecule has 15 atom stereocenters. The molecular formula is C88H153N7O27. The average molecular weight is 1740 g/mol. The monoisotopic (exact) mass is 1740 g/mol. The van der Waals surface area contributed by atoms with E-state index in [0.717, 1.165) is 77.0 Å². The standard InChI is InChI=1S/C88H153N7O27/c1-63-75(105)78(108)86(60-117-81(63)120-86)57-111-47-23-19-32-69(99)90-41-26-44-93-72(102)36-50-114-54-85(53-67(97)30-17-12-9-7-8-10-14-18-31-68(98)89-40-22-15-11-13-16-29-66(96)35-39-84(4,5)6,55-115-51-37-73(103)94-45-27-42-91-70(100)33-20-24-48-112-58-87-61-118-82(121-87)64(2)76(106)79(87)109)56-116-52-38-74(104)95-46-28-43-92-71(101)34-21-25-49-113-59-88-62-119-83(122-88)65(3)77(107)80(88)110/h35,39,63-65,75-83,105-110H,7-34,36-38,40-62H2,1-6H3,(H,89,98)(H,90,99)(H,91,100)(H,92,101)(H,93,102)(H,94,103)(H,95,104)/b39-35+/t63-,64-,65-,75-,76-,77-,78-,79-,80-,81+,82+,83+,86+,87+,88+/m1/s1. The Labute approximate surface area is 722 Å². The number of ether oxygens (including phenoxy) is 12.